The zero-order valence-corrected chi connectivity index (χ0v) is 17.5. The summed E-state index contributed by atoms with van der Waals surface area (Å²) in [6, 6.07) is 5.37. The lowest BCUT2D eigenvalue weighted by atomic mass is 9.94. The summed E-state index contributed by atoms with van der Waals surface area (Å²) in [7, 11) is 0. The molecule has 3 rings (SSSR count). The molecule has 1 unspecified atom stereocenters. The standard InChI is InChI=1S/C21H26N2O6/c1-11(2)14-7-8-17-15(9-14)18(24)16-10-22(20(25)27-12(3)4)23(19(16)29-17)21(26)28-13(5)6/h7-13,19H,1-6H3. The van der Waals surface area contributed by atoms with E-state index in [-0.39, 0.29) is 17.3 Å². The summed E-state index contributed by atoms with van der Waals surface area (Å²) in [4.78, 5) is 38.4. The maximum absolute atomic E-state index is 13.1. The van der Waals surface area contributed by atoms with Crippen molar-refractivity contribution in [3.05, 3.63) is 41.1 Å². The third kappa shape index (κ3) is 3.92. The molecule has 0 saturated carbocycles. The lowest BCUT2D eigenvalue weighted by Gasteiger charge is -2.33. The van der Waals surface area contributed by atoms with Gasteiger partial charge < -0.3 is 14.2 Å². The number of rotatable bonds is 3. The molecule has 0 aromatic heterocycles. The maximum Gasteiger partial charge on any atom is 0.433 e. The van der Waals surface area contributed by atoms with Gasteiger partial charge in [-0.05, 0) is 51.3 Å². The van der Waals surface area contributed by atoms with Gasteiger partial charge >= 0.3 is 12.2 Å². The fourth-order valence-electron chi connectivity index (χ4n) is 3.08. The normalized spacial score (nSPS) is 17.9. The third-order valence-electron chi connectivity index (χ3n) is 4.44. The van der Waals surface area contributed by atoms with Gasteiger partial charge in [-0.2, -0.15) is 10.0 Å². The summed E-state index contributed by atoms with van der Waals surface area (Å²) in [5.41, 5.74) is 1.56. The highest BCUT2D eigenvalue weighted by atomic mass is 16.6. The van der Waals surface area contributed by atoms with E-state index in [2.05, 4.69) is 0 Å². The molecule has 2 amide bonds. The number of hydrogen-bond donors (Lipinski definition) is 0. The van der Waals surface area contributed by atoms with Crippen LogP contribution in [-0.4, -0.2) is 46.4 Å². The first-order chi connectivity index (χ1) is 13.6. The molecular formula is C21H26N2O6. The third-order valence-corrected chi connectivity index (χ3v) is 4.44. The van der Waals surface area contributed by atoms with Gasteiger partial charge in [-0.15, -0.1) is 0 Å². The lowest BCUT2D eigenvalue weighted by Crippen LogP contribution is -2.52. The van der Waals surface area contributed by atoms with Gasteiger partial charge in [0.05, 0.1) is 23.3 Å². The van der Waals surface area contributed by atoms with Crippen molar-refractivity contribution in [3.63, 3.8) is 0 Å². The number of fused-ring (bicyclic) bond motifs is 2. The second-order valence-electron chi connectivity index (χ2n) is 7.85. The Morgan fingerprint density at radius 2 is 1.62 bits per heavy atom. The fraction of sp³-hybridized carbons (Fsp3) is 0.476. The van der Waals surface area contributed by atoms with Crippen LogP contribution in [0.2, 0.25) is 0 Å². The highest BCUT2D eigenvalue weighted by Crippen LogP contribution is 2.38. The van der Waals surface area contributed by atoms with Crippen molar-refractivity contribution < 1.29 is 28.6 Å². The molecule has 2 aliphatic heterocycles. The second-order valence-corrected chi connectivity index (χ2v) is 7.85. The van der Waals surface area contributed by atoms with Crippen LogP contribution in [0, 0.1) is 0 Å². The molecule has 0 N–H and O–H groups in total. The van der Waals surface area contributed by atoms with Crippen LogP contribution in [0.5, 0.6) is 5.75 Å². The van der Waals surface area contributed by atoms with Gasteiger partial charge in [0.1, 0.15) is 5.75 Å². The second kappa shape index (κ2) is 7.77. The van der Waals surface area contributed by atoms with Crippen LogP contribution in [-0.2, 0) is 9.47 Å². The predicted molar refractivity (Wildman–Crippen MR) is 104 cm³/mol. The van der Waals surface area contributed by atoms with Gasteiger partial charge in [-0.25, -0.2) is 9.59 Å². The SMILES string of the molecule is CC(C)OC(=O)N1C=C2C(=O)c3cc(C(C)C)ccc3OC2N1C(=O)OC(C)C. The number of amides is 2. The van der Waals surface area contributed by atoms with Crippen LogP contribution in [0.15, 0.2) is 30.0 Å². The number of hydrazine groups is 1. The van der Waals surface area contributed by atoms with E-state index in [1.807, 2.05) is 19.9 Å². The zero-order valence-electron chi connectivity index (χ0n) is 17.5. The lowest BCUT2D eigenvalue weighted by molar-refractivity contribution is -0.0574. The number of Topliss-reactive ketones (excluding diaryl/α,β-unsaturated/α-hetero) is 1. The monoisotopic (exact) mass is 402 g/mol. The molecule has 2 aliphatic rings. The highest BCUT2D eigenvalue weighted by molar-refractivity contribution is 6.13. The molecule has 0 spiro atoms. The van der Waals surface area contributed by atoms with Crippen LogP contribution < -0.4 is 4.74 Å². The summed E-state index contributed by atoms with van der Waals surface area (Å²) in [5, 5.41) is 1.91. The molecule has 1 aromatic carbocycles. The van der Waals surface area contributed by atoms with Gasteiger partial charge in [0.15, 0.2) is 5.78 Å². The molecule has 0 bridgehead atoms. The molecule has 8 heteroatoms. The minimum Gasteiger partial charge on any atom is -0.463 e. The van der Waals surface area contributed by atoms with Crippen LogP contribution >= 0.6 is 0 Å². The van der Waals surface area contributed by atoms with Gasteiger partial charge in [-0.3, -0.25) is 4.79 Å². The van der Waals surface area contributed by atoms with Gasteiger partial charge in [0.25, 0.3) is 0 Å². The molecule has 0 saturated heterocycles. The molecule has 156 valence electrons. The molecule has 2 heterocycles. The van der Waals surface area contributed by atoms with Crippen LogP contribution in [0.4, 0.5) is 9.59 Å². The van der Waals surface area contributed by atoms with Crippen LogP contribution in [0.25, 0.3) is 0 Å². The number of carbonyl (C=O) groups excluding carboxylic acids is 3. The van der Waals surface area contributed by atoms with E-state index in [0.717, 1.165) is 15.6 Å². The number of ketones is 1. The summed E-state index contributed by atoms with van der Waals surface area (Å²) in [6.45, 7) is 10.8. The van der Waals surface area contributed by atoms with E-state index >= 15 is 0 Å². The number of carbonyl (C=O) groups is 3. The highest BCUT2D eigenvalue weighted by Gasteiger charge is 2.49. The molecular weight excluding hydrogens is 376 g/mol. The van der Waals surface area contributed by atoms with Crippen molar-refractivity contribution in [1.82, 2.24) is 10.0 Å². The number of hydrogen-bond acceptors (Lipinski definition) is 6. The first-order valence-corrected chi connectivity index (χ1v) is 9.66. The van der Waals surface area contributed by atoms with Crippen molar-refractivity contribution >= 4 is 18.0 Å². The number of benzene rings is 1. The Hall–Kier alpha value is -3.03. The predicted octanol–water partition coefficient (Wildman–Crippen LogP) is 4.22. The van der Waals surface area contributed by atoms with Gasteiger partial charge in [-0.1, -0.05) is 19.9 Å². The van der Waals surface area contributed by atoms with E-state index < -0.39 is 30.6 Å². The summed E-state index contributed by atoms with van der Waals surface area (Å²) >= 11 is 0. The smallest absolute Gasteiger partial charge is 0.433 e. The molecule has 29 heavy (non-hydrogen) atoms. The van der Waals surface area contributed by atoms with Crippen LogP contribution in [0.1, 0.15) is 63.4 Å². The molecule has 8 nitrogen and oxygen atoms in total. The Bertz CT molecular complexity index is 874. The van der Waals surface area contributed by atoms with Crippen molar-refractivity contribution in [2.24, 2.45) is 0 Å². The summed E-state index contributed by atoms with van der Waals surface area (Å²) in [5.74, 6) is 0.280. The number of ether oxygens (including phenoxy) is 3. The molecule has 1 atom stereocenters. The minimum atomic E-state index is -1.11. The Balaban J connectivity index is 2.01. The van der Waals surface area contributed by atoms with Crippen LogP contribution in [0.3, 0.4) is 0 Å². The average molecular weight is 402 g/mol. The van der Waals surface area contributed by atoms with E-state index in [1.165, 1.54) is 6.20 Å². The Morgan fingerprint density at radius 1 is 1.00 bits per heavy atom. The summed E-state index contributed by atoms with van der Waals surface area (Å²) < 4.78 is 16.4. The average Bonchev–Trinajstić information content (AvgIpc) is 3.00. The number of nitrogens with zero attached hydrogens (tertiary/aromatic N) is 2. The van der Waals surface area contributed by atoms with Gasteiger partial charge in [0, 0.05) is 6.20 Å². The maximum atomic E-state index is 13.1. The van der Waals surface area contributed by atoms with E-state index in [9.17, 15) is 14.4 Å². The van der Waals surface area contributed by atoms with Crippen molar-refractivity contribution in [1.29, 1.82) is 0 Å². The first-order valence-electron chi connectivity index (χ1n) is 9.66. The largest absolute Gasteiger partial charge is 0.463 e. The van der Waals surface area contributed by atoms with Crippen molar-refractivity contribution in [3.8, 4) is 5.75 Å². The van der Waals surface area contributed by atoms with E-state index in [1.54, 1.807) is 39.8 Å². The quantitative estimate of drug-likeness (QED) is 0.753. The van der Waals surface area contributed by atoms with Crippen molar-refractivity contribution in [2.45, 2.75) is 65.9 Å². The van der Waals surface area contributed by atoms with E-state index in [0.29, 0.717) is 11.3 Å². The Labute approximate surface area is 170 Å². The molecule has 0 aliphatic carbocycles. The summed E-state index contributed by atoms with van der Waals surface area (Å²) in [6.07, 6.45) is -2.27. The minimum absolute atomic E-state index is 0.166. The van der Waals surface area contributed by atoms with Crippen molar-refractivity contribution in [2.75, 3.05) is 0 Å². The Kier molecular flexibility index (Phi) is 5.55. The van der Waals surface area contributed by atoms with Gasteiger partial charge in [0.2, 0.25) is 6.23 Å². The molecule has 0 radical (unpaired) electrons. The Morgan fingerprint density at radius 3 is 2.21 bits per heavy atom. The molecule has 0 fully saturated rings. The zero-order chi connectivity index (χ0) is 21.5. The molecule has 1 aromatic rings. The van der Waals surface area contributed by atoms with E-state index in [4.69, 9.17) is 14.2 Å². The first kappa shape index (κ1) is 20.7. The topological polar surface area (TPSA) is 85.4 Å². The fourth-order valence-corrected chi connectivity index (χ4v) is 3.08.